The highest BCUT2D eigenvalue weighted by Crippen LogP contribution is 2.28. The Bertz CT molecular complexity index is 1420. The molecule has 1 amide bonds. The highest BCUT2D eigenvalue weighted by molar-refractivity contribution is 9.10. The quantitative estimate of drug-likeness (QED) is 0.177. The van der Waals surface area contributed by atoms with Crippen LogP contribution in [0.3, 0.4) is 0 Å². The van der Waals surface area contributed by atoms with Crippen molar-refractivity contribution < 1.29 is 27.1 Å². The van der Waals surface area contributed by atoms with Gasteiger partial charge in [0.25, 0.3) is 5.91 Å². The zero-order valence-electron chi connectivity index (χ0n) is 18.0. The van der Waals surface area contributed by atoms with Crippen LogP contribution in [0.15, 0.2) is 59.2 Å². The lowest BCUT2D eigenvalue weighted by Crippen LogP contribution is -2.13. The fourth-order valence-corrected chi connectivity index (χ4v) is 4.04. The van der Waals surface area contributed by atoms with Crippen LogP contribution in [0, 0.1) is 23.3 Å². The van der Waals surface area contributed by atoms with Crippen molar-refractivity contribution in [3.05, 3.63) is 109 Å². The second-order valence-corrected chi connectivity index (χ2v) is 9.19. The van der Waals surface area contributed by atoms with Crippen molar-refractivity contribution in [3.63, 3.8) is 0 Å². The van der Waals surface area contributed by atoms with Crippen LogP contribution in [-0.4, -0.2) is 15.7 Å². The van der Waals surface area contributed by atoms with Gasteiger partial charge in [0.1, 0.15) is 6.61 Å². The molecule has 0 radical (unpaired) electrons. The van der Waals surface area contributed by atoms with Gasteiger partial charge in [-0.15, -0.1) is 0 Å². The van der Waals surface area contributed by atoms with Crippen molar-refractivity contribution in [3.8, 4) is 5.75 Å². The third-order valence-electron chi connectivity index (χ3n) is 4.97. The number of benzene rings is 3. The van der Waals surface area contributed by atoms with Gasteiger partial charge in [0.2, 0.25) is 11.6 Å². The summed E-state index contributed by atoms with van der Waals surface area (Å²) < 4.78 is 61.1. The predicted molar refractivity (Wildman–Crippen MR) is 130 cm³/mol. The highest BCUT2D eigenvalue weighted by Gasteiger charge is 2.21. The maximum atomic E-state index is 13.7. The lowest BCUT2D eigenvalue weighted by atomic mass is 10.1. The molecule has 0 fully saturated rings. The molecule has 0 aliphatic rings. The zero-order chi connectivity index (χ0) is 26.0. The van der Waals surface area contributed by atoms with Crippen LogP contribution in [0.1, 0.15) is 21.5 Å². The Morgan fingerprint density at radius 3 is 2.31 bits per heavy atom. The highest BCUT2D eigenvalue weighted by atomic mass is 79.9. The van der Waals surface area contributed by atoms with Crippen molar-refractivity contribution in [1.29, 1.82) is 0 Å². The van der Waals surface area contributed by atoms with Crippen molar-refractivity contribution in [2.45, 2.75) is 13.2 Å². The molecule has 0 aliphatic heterocycles. The fraction of sp³-hybridized carbons (Fsp3) is 0.0833. The monoisotopic (exact) mass is 601 g/mol. The van der Waals surface area contributed by atoms with Crippen molar-refractivity contribution in [2.24, 2.45) is 0 Å². The summed E-state index contributed by atoms with van der Waals surface area (Å²) >= 11 is 15.5. The second kappa shape index (κ2) is 10.9. The van der Waals surface area contributed by atoms with Gasteiger partial charge in [0.05, 0.1) is 11.0 Å². The first-order valence-corrected chi connectivity index (χ1v) is 11.7. The second-order valence-electron chi connectivity index (χ2n) is 7.50. The summed E-state index contributed by atoms with van der Waals surface area (Å²) in [6, 6.07) is 11.0. The molecule has 1 aromatic heterocycles. The Labute approximate surface area is 220 Å². The molecule has 4 aromatic rings. The van der Waals surface area contributed by atoms with E-state index in [9.17, 15) is 22.4 Å². The average molecular weight is 603 g/mol. The molecule has 0 saturated carbocycles. The summed E-state index contributed by atoms with van der Waals surface area (Å²) in [4.78, 5) is 12.6. The van der Waals surface area contributed by atoms with Crippen LogP contribution >= 0.6 is 39.1 Å². The Kier molecular flexibility index (Phi) is 7.87. The normalized spacial score (nSPS) is 11.0. The Morgan fingerprint density at radius 2 is 1.67 bits per heavy atom. The first-order chi connectivity index (χ1) is 17.1. The molecule has 36 heavy (non-hydrogen) atoms. The van der Waals surface area contributed by atoms with Crippen LogP contribution in [-0.2, 0) is 13.2 Å². The summed E-state index contributed by atoms with van der Waals surface area (Å²) in [5, 5.41) is 8.01. The van der Waals surface area contributed by atoms with E-state index in [1.165, 1.54) is 24.3 Å². The topological polar surface area (TPSA) is 56.2 Å². The average Bonchev–Trinajstić information content (AvgIpc) is 3.18. The maximum absolute atomic E-state index is 13.7. The molecule has 0 atom stereocenters. The minimum absolute atomic E-state index is 0.0964. The van der Waals surface area contributed by atoms with Gasteiger partial charge in [-0.05, 0) is 51.3 Å². The number of halogens is 7. The third-order valence-corrected chi connectivity index (χ3v) is 6.13. The summed E-state index contributed by atoms with van der Waals surface area (Å²) in [5.74, 6) is -7.75. The SMILES string of the molecule is O=C(Nc1nn(Cc2ccc(Cl)cc2Cl)cc1Br)c1ccc(COc2c(F)c(F)cc(F)c2F)cc1. The molecular formula is C24H14BrCl2F4N3O2. The molecule has 5 nitrogen and oxygen atoms in total. The summed E-state index contributed by atoms with van der Waals surface area (Å²) in [6.07, 6.45) is 1.68. The summed E-state index contributed by atoms with van der Waals surface area (Å²) in [5.41, 5.74) is 1.45. The van der Waals surface area contributed by atoms with Crippen molar-refractivity contribution in [2.75, 3.05) is 5.32 Å². The number of hydrogen-bond donors (Lipinski definition) is 1. The Morgan fingerprint density at radius 1 is 1.00 bits per heavy atom. The van der Waals surface area contributed by atoms with Gasteiger partial charge in [-0.1, -0.05) is 41.4 Å². The van der Waals surface area contributed by atoms with Gasteiger partial charge >= 0.3 is 0 Å². The largest absolute Gasteiger partial charge is 0.483 e. The molecule has 186 valence electrons. The third kappa shape index (κ3) is 5.83. The van der Waals surface area contributed by atoms with Crippen LogP contribution in [0.2, 0.25) is 10.0 Å². The van der Waals surface area contributed by atoms with Gasteiger partial charge in [-0.2, -0.15) is 13.9 Å². The number of amides is 1. The van der Waals surface area contributed by atoms with E-state index in [-0.39, 0.29) is 24.1 Å². The van der Waals surface area contributed by atoms with Crippen LogP contribution in [0.5, 0.6) is 5.75 Å². The lowest BCUT2D eigenvalue weighted by molar-refractivity contribution is 0.102. The molecule has 3 aromatic carbocycles. The number of carbonyl (C=O) groups is 1. The Hall–Kier alpha value is -3.08. The van der Waals surface area contributed by atoms with Gasteiger partial charge in [-0.25, -0.2) is 8.78 Å². The minimum atomic E-state index is -1.63. The van der Waals surface area contributed by atoms with E-state index in [2.05, 4.69) is 26.3 Å². The van der Waals surface area contributed by atoms with Gasteiger partial charge < -0.3 is 10.1 Å². The van der Waals surface area contributed by atoms with Crippen LogP contribution < -0.4 is 10.1 Å². The molecule has 0 unspecified atom stereocenters. The molecule has 0 saturated heterocycles. The molecule has 0 bridgehead atoms. The van der Waals surface area contributed by atoms with Crippen LogP contribution in [0.4, 0.5) is 23.4 Å². The molecule has 0 aliphatic carbocycles. The van der Waals surface area contributed by atoms with Crippen molar-refractivity contribution >= 4 is 50.9 Å². The molecule has 1 heterocycles. The van der Waals surface area contributed by atoms with Gasteiger partial charge in [0, 0.05) is 27.9 Å². The van der Waals surface area contributed by atoms with E-state index in [4.69, 9.17) is 27.9 Å². The summed E-state index contributed by atoms with van der Waals surface area (Å²) in [7, 11) is 0. The number of aromatic nitrogens is 2. The van der Waals surface area contributed by atoms with E-state index in [1.807, 2.05) is 0 Å². The number of rotatable bonds is 7. The van der Waals surface area contributed by atoms with E-state index in [1.54, 1.807) is 29.1 Å². The number of nitrogens with one attached hydrogen (secondary N) is 1. The molecule has 12 heteroatoms. The lowest BCUT2D eigenvalue weighted by Gasteiger charge is -2.10. The molecule has 0 spiro atoms. The molecule has 4 rings (SSSR count). The first kappa shape index (κ1) is 26.0. The smallest absolute Gasteiger partial charge is 0.256 e. The maximum Gasteiger partial charge on any atom is 0.256 e. The number of ether oxygens (including phenoxy) is 1. The van der Waals surface area contributed by atoms with E-state index >= 15 is 0 Å². The van der Waals surface area contributed by atoms with Gasteiger partial charge in [-0.3, -0.25) is 9.48 Å². The fourth-order valence-electron chi connectivity index (χ4n) is 3.15. The standard InChI is InChI=1S/C24H14BrCl2F4N3O2/c25-16-10-34(9-14-5-6-15(26)7-17(14)27)33-23(16)32-24(35)13-3-1-12(2-4-13)11-36-22-20(30)18(28)8-19(29)21(22)31/h1-8,10H,9,11H2,(H,32,33,35). The van der Waals surface area contributed by atoms with E-state index < -0.39 is 34.9 Å². The molecule has 1 N–H and O–H groups in total. The number of anilines is 1. The number of nitrogens with zero attached hydrogens (tertiary/aromatic N) is 2. The van der Waals surface area contributed by atoms with Crippen LogP contribution in [0.25, 0.3) is 0 Å². The first-order valence-electron chi connectivity index (χ1n) is 10.2. The van der Waals surface area contributed by atoms with Crippen molar-refractivity contribution in [1.82, 2.24) is 9.78 Å². The number of hydrogen-bond acceptors (Lipinski definition) is 3. The minimum Gasteiger partial charge on any atom is -0.483 e. The number of carbonyl (C=O) groups excluding carboxylic acids is 1. The van der Waals surface area contributed by atoms with Gasteiger partial charge in [0.15, 0.2) is 23.2 Å². The van der Waals surface area contributed by atoms with E-state index in [0.29, 0.717) is 26.6 Å². The zero-order valence-corrected chi connectivity index (χ0v) is 21.1. The predicted octanol–water partition coefficient (Wildman–Crippen LogP) is 7.39. The Balaban J connectivity index is 1.40. The van der Waals surface area contributed by atoms with E-state index in [0.717, 1.165) is 5.56 Å². The molecular weight excluding hydrogens is 589 g/mol. The summed E-state index contributed by atoms with van der Waals surface area (Å²) in [6.45, 7) is -0.0442.